The van der Waals surface area contributed by atoms with Crippen LogP contribution in [0.2, 0.25) is 0 Å². The van der Waals surface area contributed by atoms with Crippen LogP contribution in [-0.4, -0.2) is 84.1 Å². The zero-order valence-electron chi connectivity index (χ0n) is 15.0. The van der Waals surface area contributed by atoms with E-state index in [1.807, 2.05) is 46.3 Å². The molecule has 136 valence electrons. The van der Waals surface area contributed by atoms with Gasteiger partial charge in [-0.2, -0.15) is 0 Å². The van der Waals surface area contributed by atoms with E-state index in [4.69, 9.17) is 9.73 Å². The first-order valence-electron chi connectivity index (χ1n) is 8.49. The molecule has 2 atom stereocenters. The summed E-state index contributed by atoms with van der Waals surface area (Å²) in [5.74, 6) is 0.438. The summed E-state index contributed by atoms with van der Waals surface area (Å²) >= 11 is 0. The van der Waals surface area contributed by atoms with Crippen molar-refractivity contribution in [2.45, 2.75) is 12.2 Å². The van der Waals surface area contributed by atoms with Crippen molar-refractivity contribution in [3.8, 4) is 0 Å². The van der Waals surface area contributed by atoms with Crippen molar-refractivity contribution in [2.24, 2.45) is 4.99 Å². The highest BCUT2D eigenvalue weighted by Crippen LogP contribution is 2.36. The number of likely N-dealkylation sites (N-methyl/N-ethyl adjacent to an activating group) is 2. The van der Waals surface area contributed by atoms with Crippen molar-refractivity contribution in [2.75, 3.05) is 34.4 Å². The summed E-state index contributed by atoms with van der Waals surface area (Å²) in [6, 6.07) is 9.09. The summed E-state index contributed by atoms with van der Waals surface area (Å²) < 4.78 is 5.25. The van der Waals surface area contributed by atoms with E-state index in [0.29, 0.717) is 19.1 Å². The van der Waals surface area contributed by atoms with Gasteiger partial charge in [-0.25, -0.2) is 9.79 Å². The monoisotopic (exact) mass is 355 g/mol. The van der Waals surface area contributed by atoms with Crippen LogP contribution in [0, 0.1) is 0 Å². The van der Waals surface area contributed by atoms with Gasteiger partial charge in [-0.3, -0.25) is 9.69 Å². The maximum Gasteiger partial charge on any atom is 0.328 e. The fraction of sp³-hybridized carbons (Fsp3) is 0.389. The Morgan fingerprint density at radius 1 is 1.15 bits per heavy atom. The molecule has 3 heterocycles. The van der Waals surface area contributed by atoms with E-state index in [2.05, 4.69) is 0 Å². The first-order valence-corrected chi connectivity index (χ1v) is 8.49. The van der Waals surface area contributed by atoms with Crippen LogP contribution < -0.4 is 0 Å². The molecule has 8 heteroatoms. The third-order valence-electron chi connectivity index (χ3n) is 5.01. The number of guanidine groups is 1. The van der Waals surface area contributed by atoms with Gasteiger partial charge in [0.25, 0.3) is 5.91 Å². The smallest absolute Gasteiger partial charge is 0.328 e. The second-order valence-electron chi connectivity index (χ2n) is 6.51. The Morgan fingerprint density at radius 3 is 2.58 bits per heavy atom. The summed E-state index contributed by atoms with van der Waals surface area (Å²) in [5.41, 5.74) is 2.01. The summed E-state index contributed by atoms with van der Waals surface area (Å²) in [6.45, 7) is 1.13. The molecular weight excluding hydrogens is 334 g/mol. The van der Waals surface area contributed by atoms with Crippen LogP contribution in [0.3, 0.4) is 0 Å². The number of carbonyl (C=O) groups is 2. The minimum Gasteiger partial charge on any atom is -0.383 e. The molecular formula is C18H21N5O3. The molecule has 8 nitrogen and oxygen atoms in total. The lowest BCUT2D eigenvalue weighted by molar-refractivity contribution is -0.135. The molecule has 3 amide bonds. The van der Waals surface area contributed by atoms with Crippen molar-refractivity contribution in [3.63, 3.8) is 0 Å². The zero-order chi connectivity index (χ0) is 18.4. The van der Waals surface area contributed by atoms with Gasteiger partial charge in [0.05, 0.1) is 12.3 Å². The Bertz CT molecular complexity index is 806. The number of urea groups is 1. The fourth-order valence-electron chi connectivity index (χ4n) is 3.61. The predicted molar refractivity (Wildman–Crippen MR) is 95.8 cm³/mol. The molecule has 3 aliphatic heterocycles. The Labute approximate surface area is 151 Å². The van der Waals surface area contributed by atoms with Gasteiger partial charge in [-0.15, -0.1) is 0 Å². The van der Waals surface area contributed by atoms with Crippen LogP contribution >= 0.6 is 0 Å². The number of aliphatic imine (C=N–C) groups is 1. The first-order chi connectivity index (χ1) is 12.5. The van der Waals surface area contributed by atoms with Crippen LogP contribution in [0.25, 0.3) is 5.70 Å². The molecule has 0 radical (unpaired) electrons. The number of carbonyl (C=O) groups excluding carboxylic acids is 2. The number of ether oxygens (including phenoxy) is 1. The van der Waals surface area contributed by atoms with Crippen molar-refractivity contribution < 1.29 is 14.3 Å². The highest BCUT2D eigenvalue weighted by atomic mass is 16.5. The van der Waals surface area contributed by atoms with Crippen molar-refractivity contribution in [1.82, 2.24) is 19.6 Å². The van der Waals surface area contributed by atoms with Crippen LogP contribution in [0.1, 0.15) is 5.56 Å². The molecule has 0 saturated carbocycles. The second-order valence-corrected chi connectivity index (χ2v) is 6.51. The number of hydrogen-bond acceptors (Lipinski definition) is 6. The SMILES string of the molecule is COCCN1C(c2ccccc2)=CN2C1=NC1C2C(=O)N(C)C(=O)N1C. The average molecular weight is 355 g/mol. The third kappa shape index (κ3) is 2.29. The number of nitrogens with zero attached hydrogens (tertiary/aromatic N) is 5. The molecule has 3 aliphatic rings. The van der Waals surface area contributed by atoms with Gasteiger partial charge in [0, 0.05) is 33.9 Å². The van der Waals surface area contributed by atoms with Crippen molar-refractivity contribution >= 4 is 23.6 Å². The molecule has 1 fully saturated rings. The van der Waals surface area contributed by atoms with Gasteiger partial charge in [0.15, 0.2) is 12.2 Å². The summed E-state index contributed by atoms with van der Waals surface area (Å²) in [7, 11) is 4.84. The predicted octanol–water partition coefficient (Wildman–Crippen LogP) is 0.837. The molecule has 1 saturated heterocycles. The van der Waals surface area contributed by atoms with Crippen LogP contribution in [0.5, 0.6) is 0 Å². The summed E-state index contributed by atoms with van der Waals surface area (Å²) in [5, 5.41) is 0. The quantitative estimate of drug-likeness (QED) is 0.801. The number of fused-ring (bicyclic) bond motifs is 3. The summed E-state index contributed by atoms with van der Waals surface area (Å²) in [4.78, 5) is 36.3. The lowest BCUT2D eigenvalue weighted by Crippen LogP contribution is -2.63. The van der Waals surface area contributed by atoms with Crippen molar-refractivity contribution in [1.29, 1.82) is 0 Å². The molecule has 0 spiro atoms. The number of rotatable bonds is 4. The Hall–Kier alpha value is -2.87. The number of amides is 3. The second kappa shape index (κ2) is 6.14. The topological polar surface area (TPSA) is 68.7 Å². The van der Waals surface area contributed by atoms with E-state index >= 15 is 0 Å². The highest BCUT2D eigenvalue weighted by Gasteiger charge is 2.53. The molecule has 1 aromatic rings. The molecule has 26 heavy (non-hydrogen) atoms. The number of benzene rings is 1. The van der Waals surface area contributed by atoms with Gasteiger partial charge in [0.1, 0.15) is 0 Å². The standard InChI is InChI=1S/C18H21N5O3/c1-20-15-14(16(24)21(2)18(20)25)23-11-13(12-7-5-4-6-8-12)22(9-10-26-3)17(23)19-15/h4-8,11,14-15H,9-10H2,1-3H3. The van der Waals surface area contributed by atoms with Gasteiger partial charge in [-0.1, -0.05) is 30.3 Å². The van der Waals surface area contributed by atoms with Gasteiger partial charge in [0.2, 0.25) is 5.96 Å². The molecule has 0 aromatic heterocycles. The Kier molecular flexibility index (Phi) is 3.91. The lowest BCUT2D eigenvalue weighted by Gasteiger charge is -2.38. The number of methoxy groups -OCH3 is 1. The average Bonchev–Trinajstić information content (AvgIpc) is 3.20. The zero-order valence-corrected chi connectivity index (χ0v) is 15.0. The Balaban J connectivity index is 1.74. The molecule has 4 rings (SSSR count). The fourth-order valence-corrected chi connectivity index (χ4v) is 3.61. The van der Waals surface area contributed by atoms with Crippen LogP contribution in [0.15, 0.2) is 41.5 Å². The van der Waals surface area contributed by atoms with Crippen LogP contribution in [0.4, 0.5) is 4.79 Å². The van der Waals surface area contributed by atoms with E-state index < -0.39 is 12.2 Å². The van der Waals surface area contributed by atoms with E-state index in [1.165, 1.54) is 11.9 Å². The highest BCUT2D eigenvalue weighted by molar-refractivity contribution is 6.06. The number of imide groups is 1. The maximum absolute atomic E-state index is 12.8. The Morgan fingerprint density at radius 2 is 1.88 bits per heavy atom. The van der Waals surface area contributed by atoms with E-state index in [1.54, 1.807) is 14.2 Å². The first kappa shape index (κ1) is 16.6. The third-order valence-corrected chi connectivity index (χ3v) is 5.01. The lowest BCUT2D eigenvalue weighted by atomic mass is 10.1. The van der Waals surface area contributed by atoms with Gasteiger partial charge >= 0.3 is 6.03 Å². The minimum atomic E-state index is -0.538. The molecule has 0 aliphatic carbocycles. The van der Waals surface area contributed by atoms with Gasteiger partial charge < -0.3 is 19.4 Å². The molecule has 0 N–H and O–H groups in total. The van der Waals surface area contributed by atoms with Crippen LogP contribution in [-0.2, 0) is 9.53 Å². The molecule has 1 aromatic carbocycles. The maximum atomic E-state index is 12.8. The van der Waals surface area contributed by atoms with E-state index in [-0.39, 0.29) is 11.9 Å². The minimum absolute atomic E-state index is 0.242. The van der Waals surface area contributed by atoms with E-state index in [9.17, 15) is 9.59 Å². The molecule has 0 bridgehead atoms. The van der Waals surface area contributed by atoms with Crippen molar-refractivity contribution in [3.05, 3.63) is 42.1 Å². The van der Waals surface area contributed by atoms with Gasteiger partial charge in [-0.05, 0) is 5.56 Å². The number of hydrogen-bond donors (Lipinski definition) is 0. The largest absolute Gasteiger partial charge is 0.383 e. The van der Waals surface area contributed by atoms with E-state index in [0.717, 1.165) is 16.2 Å². The summed E-state index contributed by atoms with van der Waals surface area (Å²) in [6.07, 6.45) is 1.43. The normalized spacial score (nSPS) is 24.7. The molecule has 2 unspecified atom stereocenters.